The molecule has 124 valence electrons. The predicted molar refractivity (Wildman–Crippen MR) is 92.3 cm³/mol. The summed E-state index contributed by atoms with van der Waals surface area (Å²) in [5.74, 6) is -1.19. The summed E-state index contributed by atoms with van der Waals surface area (Å²) in [4.78, 5) is 25.7. The van der Waals surface area contributed by atoms with Crippen LogP contribution >= 0.6 is 0 Å². The molecule has 2 N–H and O–H groups in total. The fourth-order valence-corrected chi connectivity index (χ4v) is 2.77. The highest BCUT2D eigenvalue weighted by Gasteiger charge is 2.26. The molecule has 2 aromatic rings. The van der Waals surface area contributed by atoms with Gasteiger partial charge in [0.1, 0.15) is 0 Å². The van der Waals surface area contributed by atoms with Crippen molar-refractivity contribution in [3.8, 4) is 11.1 Å². The Labute approximate surface area is 140 Å². The number of piperidine rings is 1. The van der Waals surface area contributed by atoms with Crippen LogP contribution in [0.25, 0.3) is 11.1 Å². The van der Waals surface area contributed by atoms with Crippen LogP contribution in [0.5, 0.6) is 0 Å². The Morgan fingerprint density at radius 3 is 2.12 bits per heavy atom. The highest BCUT2D eigenvalue weighted by atomic mass is 16.3. The third-order valence-corrected chi connectivity index (χ3v) is 4.20. The molecule has 5 nitrogen and oxygen atoms in total. The van der Waals surface area contributed by atoms with Crippen molar-refractivity contribution in [2.75, 3.05) is 18.4 Å². The van der Waals surface area contributed by atoms with E-state index in [1.54, 1.807) is 12.1 Å². The summed E-state index contributed by atoms with van der Waals surface area (Å²) in [5.41, 5.74) is 2.73. The quantitative estimate of drug-likeness (QED) is 0.833. The van der Waals surface area contributed by atoms with Gasteiger partial charge in [-0.3, -0.25) is 9.59 Å². The predicted octanol–water partition coefficient (Wildman–Crippen LogP) is 2.28. The van der Waals surface area contributed by atoms with Crippen molar-refractivity contribution in [1.82, 2.24) is 4.90 Å². The van der Waals surface area contributed by atoms with Crippen molar-refractivity contribution in [1.29, 1.82) is 0 Å². The van der Waals surface area contributed by atoms with E-state index in [-0.39, 0.29) is 6.10 Å². The molecule has 0 atom stereocenters. The first-order chi connectivity index (χ1) is 11.6. The zero-order valence-corrected chi connectivity index (χ0v) is 13.3. The maximum absolute atomic E-state index is 12.1. The number of anilines is 1. The Bertz CT molecular complexity index is 705. The van der Waals surface area contributed by atoms with Gasteiger partial charge in [-0.2, -0.15) is 0 Å². The normalized spacial score (nSPS) is 15.1. The molecule has 1 aliphatic rings. The number of amides is 2. The van der Waals surface area contributed by atoms with Gasteiger partial charge < -0.3 is 15.3 Å². The van der Waals surface area contributed by atoms with Gasteiger partial charge in [0.25, 0.3) is 0 Å². The van der Waals surface area contributed by atoms with E-state index in [9.17, 15) is 14.7 Å². The molecule has 1 saturated heterocycles. The lowest BCUT2D eigenvalue weighted by Crippen LogP contribution is -2.45. The molecule has 0 aliphatic carbocycles. The number of nitrogens with zero attached hydrogens (tertiary/aromatic N) is 1. The second-order valence-electron chi connectivity index (χ2n) is 5.92. The molecule has 0 unspecified atom stereocenters. The molecule has 1 fully saturated rings. The molecule has 0 saturated carbocycles. The highest BCUT2D eigenvalue weighted by molar-refractivity contribution is 6.39. The molecule has 0 spiro atoms. The van der Waals surface area contributed by atoms with Crippen molar-refractivity contribution >= 4 is 17.5 Å². The molecule has 2 aromatic carbocycles. The topological polar surface area (TPSA) is 69.6 Å². The number of aliphatic hydroxyl groups is 1. The summed E-state index contributed by atoms with van der Waals surface area (Å²) in [6.07, 6.45) is 0.665. The van der Waals surface area contributed by atoms with Crippen LogP contribution in [0.4, 0.5) is 5.69 Å². The van der Waals surface area contributed by atoms with Gasteiger partial charge in [0.15, 0.2) is 0 Å². The SMILES string of the molecule is O=C(Nc1ccc(-c2ccccc2)cc1)C(=O)N1CCC(O)CC1. The van der Waals surface area contributed by atoms with E-state index in [0.29, 0.717) is 31.6 Å². The first-order valence-corrected chi connectivity index (χ1v) is 8.07. The van der Waals surface area contributed by atoms with Crippen molar-refractivity contribution in [3.63, 3.8) is 0 Å². The maximum atomic E-state index is 12.1. The number of nitrogens with one attached hydrogen (secondary N) is 1. The minimum Gasteiger partial charge on any atom is -0.393 e. The van der Waals surface area contributed by atoms with E-state index < -0.39 is 11.8 Å². The average Bonchev–Trinajstić information content (AvgIpc) is 2.63. The average molecular weight is 324 g/mol. The molecule has 0 aromatic heterocycles. The van der Waals surface area contributed by atoms with Crippen molar-refractivity contribution < 1.29 is 14.7 Å². The molecule has 24 heavy (non-hydrogen) atoms. The number of aliphatic hydroxyl groups excluding tert-OH is 1. The summed E-state index contributed by atoms with van der Waals surface area (Å²) >= 11 is 0. The van der Waals surface area contributed by atoms with Gasteiger partial charge >= 0.3 is 11.8 Å². The summed E-state index contributed by atoms with van der Waals surface area (Å²) in [6.45, 7) is 0.834. The third kappa shape index (κ3) is 3.81. The fourth-order valence-electron chi connectivity index (χ4n) is 2.77. The lowest BCUT2D eigenvalue weighted by molar-refractivity contribution is -0.144. The van der Waals surface area contributed by atoms with Crippen molar-refractivity contribution in [3.05, 3.63) is 54.6 Å². The zero-order valence-electron chi connectivity index (χ0n) is 13.3. The molecular weight excluding hydrogens is 304 g/mol. The summed E-state index contributed by atoms with van der Waals surface area (Å²) in [5, 5.41) is 12.1. The van der Waals surface area contributed by atoms with Gasteiger partial charge in [-0.05, 0) is 36.1 Å². The number of hydrogen-bond donors (Lipinski definition) is 2. The second-order valence-corrected chi connectivity index (χ2v) is 5.92. The first kappa shape index (κ1) is 16.2. The van der Waals surface area contributed by atoms with E-state index in [0.717, 1.165) is 11.1 Å². The molecule has 1 heterocycles. The number of hydrogen-bond acceptors (Lipinski definition) is 3. The van der Waals surface area contributed by atoms with Gasteiger partial charge in [0.2, 0.25) is 0 Å². The van der Waals surface area contributed by atoms with Gasteiger partial charge in [0, 0.05) is 18.8 Å². The number of likely N-dealkylation sites (tertiary alicyclic amines) is 1. The molecule has 0 bridgehead atoms. The van der Waals surface area contributed by atoms with Crippen LogP contribution in [0.2, 0.25) is 0 Å². The van der Waals surface area contributed by atoms with Crippen LogP contribution in [0, 0.1) is 0 Å². The van der Waals surface area contributed by atoms with Crippen molar-refractivity contribution in [2.24, 2.45) is 0 Å². The molecule has 3 rings (SSSR count). The number of carbonyl (C=O) groups excluding carboxylic acids is 2. The van der Waals surface area contributed by atoms with Crippen LogP contribution in [0.15, 0.2) is 54.6 Å². The monoisotopic (exact) mass is 324 g/mol. The second kappa shape index (κ2) is 7.27. The Kier molecular flexibility index (Phi) is 4.91. The zero-order chi connectivity index (χ0) is 16.9. The number of carbonyl (C=O) groups is 2. The number of benzene rings is 2. The van der Waals surface area contributed by atoms with Gasteiger partial charge in [-0.1, -0.05) is 42.5 Å². The van der Waals surface area contributed by atoms with Crippen LogP contribution in [-0.2, 0) is 9.59 Å². The molecule has 0 radical (unpaired) electrons. The standard InChI is InChI=1S/C19H20N2O3/c22-17-10-12-21(13-11-17)19(24)18(23)20-16-8-6-15(7-9-16)14-4-2-1-3-5-14/h1-9,17,22H,10-13H2,(H,20,23). The Balaban J connectivity index is 1.61. The van der Waals surface area contributed by atoms with Crippen molar-refractivity contribution in [2.45, 2.75) is 18.9 Å². The van der Waals surface area contributed by atoms with Crippen LogP contribution in [0.3, 0.4) is 0 Å². The van der Waals surface area contributed by atoms with Gasteiger partial charge in [-0.15, -0.1) is 0 Å². The van der Waals surface area contributed by atoms with Crippen LogP contribution in [0.1, 0.15) is 12.8 Å². The lowest BCUT2D eigenvalue weighted by atomic mass is 10.1. The third-order valence-electron chi connectivity index (χ3n) is 4.20. The Morgan fingerprint density at radius 2 is 1.50 bits per heavy atom. The molecule has 5 heteroatoms. The molecule has 1 aliphatic heterocycles. The van der Waals surface area contributed by atoms with Gasteiger partial charge in [0.05, 0.1) is 6.10 Å². The van der Waals surface area contributed by atoms with E-state index >= 15 is 0 Å². The maximum Gasteiger partial charge on any atom is 0.313 e. The number of rotatable bonds is 2. The van der Waals surface area contributed by atoms with E-state index in [1.165, 1.54) is 4.90 Å². The summed E-state index contributed by atoms with van der Waals surface area (Å²) < 4.78 is 0. The van der Waals surface area contributed by atoms with Gasteiger partial charge in [-0.25, -0.2) is 0 Å². The summed E-state index contributed by atoms with van der Waals surface area (Å²) in [7, 11) is 0. The highest BCUT2D eigenvalue weighted by Crippen LogP contribution is 2.21. The minimum atomic E-state index is -0.640. The van der Waals surface area contributed by atoms with E-state index in [2.05, 4.69) is 5.32 Å². The fraction of sp³-hybridized carbons (Fsp3) is 0.263. The lowest BCUT2D eigenvalue weighted by Gasteiger charge is -2.28. The van der Waals surface area contributed by atoms with E-state index in [1.807, 2.05) is 42.5 Å². The molecule has 2 amide bonds. The Hall–Kier alpha value is -2.66. The first-order valence-electron chi connectivity index (χ1n) is 8.07. The Morgan fingerprint density at radius 1 is 0.917 bits per heavy atom. The van der Waals surface area contributed by atoms with Crippen LogP contribution in [-0.4, -0.2) is 41.0 Å². The van der Waals surface area contributed by atoms with Crippen LogP contribution < -0.4 is 5.32 Å². The minimum absolute atomic E-state index is 0.373. The summed E-state index contributed by atoms with van der Waals surface area (Å²) in [6, 6.07) is 17.3. The smallest absolute Gasteiger partial charge is 0.313 e. The molecular formula is C19H20N2O3. The van der Waals surface area contributed by atoms with E-state index in [4.69, 9.17) is 0 Å². The largest absolute Gasteiger partial charge is 0.393 e.